The van der Waals surface area contributed by atoms with Crippen LogP contribution in [-0.2, 0) is 14.8 Å². The molecule has 7 nitrogen and oxygen atoms in total. The van der Waals surface area contributed by atoms with E-state index in [0.717, 1.165) is 15.4 Å². The first-order valence-electron chi connectivity index (χ1n) is 11.2. The SMILES string of the molecule is Cc1ccc(S(=O)(=O)N(CC(=O)N[C@@H](C)c2ccc3c(c2)OCCO3)c2cccc(Cl)c2C)cc1. The molecule has 0 bridgehead atoms. The summed E-state index contributed by atoms with van der Waals surface area (Å²) in [6, 6.07) is 16.6. The van der Waals surface area contributed by atoms with E-state index in [2.05, 4.69) is 5.32 Å². The fourth-order valence-electron chi connectivity index (χ4n) is 3.83. The number of amides is 1. The highest BCUT2D eigenvalue weighted by Gasteiger charge is 2.29. The highest BCUT2D eigenvalue weighted by molar-refractivity contribution is 7.92. The molecule has 9 heteroatoms. The number of rotatable bonds is 7. The van der Waals surface area contributed by atoms with Gasteiger partial charge in [0.15, 0.2) is 11.5 Å². The van der Waals surface area contributed by atoms with E-state index in [4.69, 9.17) is 21.1 Å². The Balaban J connectivity index is 1.61. The van der Waals surface area contributed by atoms with Crippen molar-refractivity contribution < 1.29 is 22.7 Å². The zero-order valence-electron chi connectivity index (χ0n) is 19.7. The molecular formula is C26H27ClN2O5S. The molecule has 1 aliphatic heterocycles. The predicted octanol–water partition coefficient (Wildman–Crippen LogP) is 4.80. The van der Waals surface area contributed by atoms with Crippen molar-refractivity contribution in [2.75, 3.05) is 24.1 Å². The molecule has 0 fully saturated rings. The summed E-state index contributed by atoms with van der Waals surface area (Å²) in [6.45, 7) is 5.97. The maximum Gasteiger partial charge on any atom is 0.264 e. The first-order valence-corrected chi connectivity index (χ1v) is 13.0. The molecule has 3 aromatic carbocycles. The lowest BCUT2D eigenvalue weighted by atomic mass is 10.1. The average molecular weight is 515 g/mol. The Morgan fingerprint density at radius 1 is 1.03 bits per heavy atom. The van der Waals surface area contributed by atoms with Crippen molar-refractivity contribution in [2.45, 2.75) is 31.7 Å². The van der Waals surface area contributed by atoms with Crippen LogP contribution in [0.3, 0.4) is 0 Å². The summed E-state index contributed by atoms with van der Waals surface area (Å²) in [7, 11) is -4.04. The van der Waals surface area contributed by atoms with Crippen molar-refractivity contribution in [1.82, 2.24) is 5.32 Å². The molecule has 1 heterocycles. The normalized spacial score (nSPS) is 13.7. The maximum atomic E-state index is 13.6. The van der Waals surface area contributed by atoms with Gasteiger partial charge in [-0.25, -0.2) is 8.42 Å². The molecule has 3 aromatic rings. The molecule has 35 heavy (non-hydrogen) atoms. The van der Waals surface area contributed by atoms with Crippen LogP contribution >= 0.6 is 11.6 Å². The second-order valence-corrected chi connectivity index (χ2v) is 10.7. The number of fused-ring (bicyclic) bond motifs is 1. The number of nitrogens with one attached hydrogen (secondary N) is 1. The van der Waals surface area contributed by atoms with Gasteiger partial charge in [0.05, 0.1) is 16.6 Å². The lowest BCUT2D eigenvalue weighted by molar-refractivity contribution is -0.120. The molecule has 4 rings (SSSR count). The molecule has 0 saturated heterocycles. The average Bonchev–Trinajstić information content (AvgIpc) is 2.84. The number of benzene rings is 3. The fraction of sp³-hybridized carbons (Fsp3) is 0.269. The number of nitrogens with zero attached hydrogens (tertiary/aromatic N) is 1. The van der Waals surface area contributed by atoms with Gasteiger partial charge in [-0.3, -0.25) is 9.10 Å². The van der Waals surface area contributed by atoms with Gasteiger partial charge in [-0.1, -0.05) is 41.4 Å². The summed E-state index contributed by atoms with van der Waals surface area (Å²) < 4.78 is 39.5. The largest absolute Gasteiger partial charge is 0.486 e. The van der Waals surface area contributed by atoms with E-state index in [1.54, 1.807) is 43.3 Å². The minimum Gasteiger partial charge on any atom is -0.486 e. The highest BCUT2D eigenvalue weighted by atomic mass is 35.5. The summed E-state index contributed by atoms with van der Waals surface area (Å²) in [5.74, 6) is 0.820. The first-order chi connectivity index (χ1) is 16.7. The Bertz CT molecular complexity index is 1340. The van der Waals surface area contributed by atoms with Crippen molar-refractivity contribution in [3.63, 3.8) is 0 Å². The first kappa shape index (κ1) is 24.9. The molecule has 184 valence electrons. The van der Waals surface area contributed by atoms with Gasteiger partial charge in [0.2, 0.25) is 5.91 Å². The number of carbonyl (C=O) groups is 1. The van der Waals surface area contributed by atoms with Gasteiger partial charge in [0, 0.05) is 5.02 Å². The zero-order valence-corrected chi connectivity index (χ0v) is 21.3. The van der Waals surface area contributed by atoms with Crippen LogP contribution in [0.15, 0.2) is 65.6 Å². The topological polar surface area (TPSA) is 84.9 Å². The van der Waals surface area contributed by atoms with Gasteiger partial charge in [-0.2, -0.15) is 0 Å². The summed E-state index contributed by atoms with van der Waals surface area (Å²) in [5, 5.41) is 3.31. The third-order valence-corrected chi connectivity index (χ3v) is 8.03. The Hall–Kier alpha value is -3.23. The van der Waals surface area contributed by atoms with Gasteiger partial charge in [-0.15, -0.1) is 0 Å². The molecule has 1 amide bonds. The van der Waals surface area contributed by atoms with E-state index >= 15 is 0 Å². The van der Waals surface area contributed by atoms with Gasteiger partial charge < -0.3 is 14.8 Å². The van der Waals surface area contributed by atoms with Crippen LogP contribution in [0.2, 0.25) is 5.02 Å². The minimum absolute atomic E-state index is 0.0927. The Kier molecular flexibility index (Phi) is 7.23. The van der Waals surface area contributed by atoms with Gasteiger partial charge in [-0.05, 0) is 68.3 Å². The van der Waals surface area contributed by atoms with E-state index in [9.17, 15) is 13.2 Å². The van der Waals surface area contributed by atoms with E-state index in [1.165, 1.54) is 12.1 Å². The van der Waals surface area contributed by atoms with Crippen molar-refractivity contribution in [2.24, 2.45) is 0 Å². The summed E-state index contributed by atoms with van der Waals surface area (Å²) in [5.41, 5.74) is 2.66. The molecule has 0 saturated carbocycles. The van der Waals surface area contributed by atoms with Crippen molar-refractivity contribution >= 4 is 33.2 Å². The molecule has 0 aromatic heterocycles. The molecule has 0 spiro atoms. The maximum absolute atomic E-state index is 13.6. The molecular weight excluding hydrogens is 488 g/mol. The summed E-state index contributed by atoms with van der Waals surface area (Å²) in [6.07, 6.45) is 0. The van der Waals surface area contributed by atoms with Crippen molar-refractivity contribution in [3.8, 4) is 11.5 Å². The predicted molar refractivity (Wildman–Crippen MR) is 136 cm³/mol. The third kappa shape index (κ3) is 5.39. The lowest BCUT2D eigenvalue weighted by Crippen LogP contribution is -2.42. The lowest BCUT2D eigenvalue weighted by Gasteiger charge is -2.27. The van der Waals surface area contributed by atoms with Crippen LogP contribution in [0.5, 0.6) is 11.5 Å². The van der Waals surface area contributed by atoms with Gasteiger partial charge in [0.1, 0.15) is 19.8 Å². The van der Waals surface area contributed by atoms with E-state index < -0.39 is 22.5 Å². The molecule has 0 aliphatic carbocycles. The second kappa shape index (κ2) is 10.2. The van der Waals surface area contributed by atoms with Crippen molar-refractivity contribution in [1.29, 1.82) is 0 Å². The molecule has 1 N–H and O–H groups in total. The highest BCUT2D eigenvalue weighted by Crippen LogP contribution is 2.33. The number of anilines is 1. The summed E-state index contributed by atoms with van der Waals surface area (Å²) >= 11 is 6.29. The number of sulfonamides is 1. The quantitative estimate of drug-likeness (QED) is 0.489. The smallest absolute Gasteiger partial charge is 0.264 e. The summed E-state index contributed by atoms with van der Waals surface area (Å²) in [4.78, 5) is 13.2. The van der Waals surface area contributed by atoms with Gasteiger partial charge >= 0.3 is 0 Å². The Labute approximate surface area is 210 Å². The fourth-order valence-corrected chi connectivity index (χ4v) is 5.48. The minimum atomic E-state index is -4.04. The molecule has 0 unspecified atom stereocenters. The number of ether oxygens (including phenoxy) is 2. The van der Waals surface area contributed by atoms with E-state index in [-0.39, 0.29) is 10.9 Å². The number of hydrogen-bond acceptors (Lipinski definition) is 5. The van der Waals surface area contributed by atoms with Crippen LogP contribution in [0.1, 0.15) is 29.7 Å². The van der Waals surface area contributed by atoms with Crippen LogP contribution in [0.25, 0.3) is 0 Å². The zero-order chi connectivity index (χ0) is 25.2. The Morgan fingerprint density at radius 3 is 2.43 bits per heavy atom. The van der Waals surface area contributed by atoms with E-state index in [0.29, 0.717) is 41.0 Å². The molecule has 1 aliphatic rings. The molecule has 1 atom stereocenters. The standard InChI is InChI=1S/C26H27ClN2O5S/c1-17-7-10-21(11-8-17)35(31,32)29(23-6-4-5-22(27)18(23)2)16-26(30)28-19(3)20-9-12-24-25(15-20)34-14-13-33-24/h4-12,15,19H,13-14,16H2,1-3H3,(H,28,30)/t19-/m0/s1. The third-order valence-electron chi connectivity index (χ3n) is 5.85. The monoisotopic (exact) mass is 514 g/mol. The van der Waals surface area contributed by atoms with Crippen LogP contribution in [0.4, 0.5) is 5.69 Å². The molecule has 0 radical (unpaired) electrons. The van der Waals surface area contributed by atoms with Crippen LogP contribution in [-0.4, -0.2) is 34.1 Å². The van der Waals surface area contributed by atoms with Crippen LogP contribution < -0.4 is 19.1 Å². The van der Waals surface area contributed by atoms with Crippen molar-refractivity contribution in [3.05, 3.63) is 82.4 Å². The van der Waals surface area contributed by atoms with Crippen LogP contribution in [0, 0.1) is 13.8 Å². The second-order valence-electron chi connectivity index (χ2n) is 8.40. The number of halogens is 1. The Morgan fingerprint density at radius 2 is 1.71 bits per heavy atom. The number of aryl methyl sites for hydroxylation is 1. The van der Waals surface area contributed by atoms with Gasteiger partial charge in [0.25, 0.3) is 10.0 Å². The number of carbonyl (C=O) groups excluding carboxylic acids is 1. The van der Waals surface area contributed by atoms with E-state index in [1.807, 2.05) is 26.0 Å². The number of hydrogen-bond donors (Lipinski definition) is 1.